The molecule has 0 aliphatic heterocycles. The van der Waals surface area contributed by atoms with Gasteiger partial charge in [0.25, 0.3) is 10.0 Å². The summed E-state index contributed by atoms with van der Waals surface area (Å²) in [6, 6.07) is 8.32. The van der Waals surface area contributed by atoms with E-state index in [0.29, 0.717) is 16.4 Å². The van der Waals surface area contributed by atoms with Crippen LogP contribution in [0.3, 0.4) is 0 Å². The second kappa shape index (κ2) is 9.89. The molecule has 0 spiro atoms. The molecule has 2 N–H and O–H groups in total. The molecule has 11 heteroatoms. The maximum Gasteiger partial charge on any atom is 0.265 e. The van der Waals surface area contributed by atoms with Gasteiger partial charge in [0.2, 0.25) is 5.91 Å². The minimum absolute atomic E-state index is 0.0106. The molecule has 1 fully saturated rings. The maximum atomic E-state index is 13.5. The Morgan fingerprint density at radius 1 is 1.21 bits per heavy atom. The molecule has 1 amide bonds. The van der Waals surface area contributed by atoms with E-state index in [0.717, 1.165) is 36.6 Å². The van der Waals surface area contributed by atoms with Crippen LogP contribution in [0.1, 0.15) is 31.4 Å². The largest absolute Gasteiger partial charge is 0.495 e. The number of halogens is 2. The summed E-state index contributed by atoms with van der Waals surface area (Å²) < 4.78 is 47.4. The Labute approximate surface area is 206 Å². The molecule has 1 aliphatic rings. The number of anilines is 2. The normalized spacial score (nSPS) is 14.2. The lowest BCUT2D eigenvalue weighted by atomic mass is 10.1. The average Bonchev–Trinajstić information content (AvgIpc) is 3.46. The molecule has 0 bridgehead atoms. The van der Waals surface area contributed by atoms with Crippen molar-refractivity contribution < 1.29 is 22.3 Å². The summed E-state index contributed by atoms with van der Waals surface area (Å²) in [5.74, 6) is -0.531. The number of aromatic nitrogens is 1. The van der Waals surface area contributed by atoms with Crippen molar-refractivity contribution in [2.75, 3.05) is 17.1 Å². The number of hydrogen-bond acceptors (Lipinski definition) is 6. The van der Waals surface area contributed by atoms with Gasteiger partial charge >= 0.3 is 0 Å². The fourth-order valence-electron chi connectivity index (χ4n) is 3.91. The molecule has 0 radical (unpaired) electrons. The lowest BCUT2D eigenvalue weighted by Gasteiger charge is -2.13. The Morgan fingerprint density at radius 3 is 2.62 bits per heavy atom. The van der Waals surface area contributed by atoms with Gasteiger partial charge in [0.1, 0.15) is 16.5 Å². The van der Waals surface area contributed by atoms with Gasteiger partial charge in [-0.25, -0.2) is 17.8 Å². The van der Waals surface area contributed by atoms with Crippen LogP contribution in [0.5, 0.6) is 5.75 Å². The Hall–Kier alpha value is -2.69. The van der Waals surface area contributed by atoms with Gasteiger partial charge in [0, 0.05) is 5.92 Å². The van der Waals surface area contributed by atoms with Gasteiger partial charge in [0.15, 0.2) is 5.13 Å². The lowest BCUT2D eigenvalue weighted by Crippen LogP contribution is -2.20. The Morgan fingerprint density at radius 2 is 1.94 bits per heavy atom. The third-order valence-electron chi connectivity index (χ3n) is 5.64. The third-order valence-corrected chi connectivity index (χ3v) is 8.45. The molecule has 0 saturated heterocycles. The van der Waals surface area contributed by atoms with Gasteiger partial charge in [-0.2, -0.15) is 0 Å². The van der Waals surface area contributed by atoms with Crippen LogP contribution >= 0.6 is 22.9 Å². The fourth-order valence-corrected chi connectivity index (χ4v) is 6.30. The number of methoxy groups -OCH3 is 1. The first kappa shape index (κ1) is 24.4. The van der Waals surface area contributed by atoms with Crippen molar-refractivity contribution in [2.45, 2.75) is 37.5 Å². The number of rotatable bonds is 7. The zero-order valence-corrected chi connectivity index (χ0v) is 20.9. The molecule has 1 aromatic heterocycles. The summed E-state index contributed by atoms with van der Waals surface area (Å²) in [6.07, 6.45) is 3.88. The van der Waals surface area contributed by atoms with E-state index in [-0.39, 0.29) is 33.2 Å². The molecule has 34 heavy (non-hydrogen) atoms. The number of nitrogens with zero attached hydrogens (tertiary/aromatic N) is 1. The average molecular weight is 524 g/mol. The van der Waals surface area contributed by atoms with Crippen molar-refractivity contribution >= 4 is 49.7 Å². The summed E-state index contributed by atoms with van der Waals surface area (Å²) in [6.45, 7) is 1.80. The van der Waals surface area contributed by atoms with Crippen molar-refractivity contribution in [3.8, 4) is 16.2 Å². The molecule has 1 heterocycles. The number of carbonyl (C=O) groups excluding carboxylic acids is 1. The molecule has 3 aromatic rings. The van der Waals surface area contributed by atoms with E-state index in [2.05, 4.69) is 15.0 Å². The molecule has 180 valence electrons. The van der Waals surface area contributed by atoms with Gasteiger partial charge in [-0.3, -0.25) is 9.52 Å². The fraction of sp³-hybridized carbons (Fsp3) is 0.304. The number of carbonyl (C=O) groups is 1. The molecule has 0 unspecified atom stereocenters. The zero-order chi connectivity index (χ0) is 24.5. The predicted molar refractivity (Wildman–Crippen MR) is 132 cm³/mol. The molecule has 0 atom stereocenters. The van der Waals surface area contributed by atoms with Crippen molar-refractivity contribution in [1.82, 2.24) is 4.98 Å². The van der Waals surface area contributed by atoms with Gasteiger partial charge < -0.3 is 10.1 Å². The number of thiazole rings is 1. The second-order valence-electron chi connectivity index (χ2n) is 8.00. The van der Waals surface area contributed by atoms with Gasteiger partial charge in [-0.05, 0) is 61.7 Å². The summed E-state index contributed by atoms with van der Waals surface area (Å²) >= 11 is 7.06. The minimum atomic E-state index is -4.09. The third kappa shape index (κ3) is 5.18. The van der Waals surface area contributed by atoms with E-state index in [1.54, 1.807) is 19.1 Å². The highest BCUT2D eigenvalue weighted by molar-refractivity contribution is 7.92. The Balaban J connectivity index is 1.64. The Kier molecular flexibility index (Phi) is 7.11. The van der Waals surface area contributed by atoms with E-state index in [1.165, 1.54) is 36.6 Å². The molecular formula is C23H23ClFN3O4S2. The first-order chi connectivity index (χ1) is 16.2. The summed E-state index contributed by atoms with van der Waals surface area (Å²) in [7, 11) is -2.72. The van der Waals surface area contributed by atoms with Crippen LogP contribution in [0.2, 0.25) is 5.02 Å². The molecule has 1 aliphatic carbocycles. The number of ether oxygens (including phenoxy) is 1. The molecule has 2 aromatic carbocycles. The maximum absolute atomic E-state index is 13.5. The van der Waals surface area contributed by atoms with Crippen molar-refractivity contribution in [2.24, 2.45) is 5.92 Å². The van der Waals surface area contributed by atoms with Crippen LogP contribution in [0.15, 0.2) is 41.3 Å². The highest BCUT2D eigenvalue weighted by atomic mass is 35.5. The smallest absolute Gasteiger partial charge is 0.265 e. The number of aryl methyl sites for hydroxylation is 1. The Bertz CT molecular complexity index is 1340. The van der Waals surface area contributed by atoms with Crippen LogP contribution < -0.4 is 14.8 Å². The van der Waals surface area contributed by atoms with Crippen LogP contribution in [0.4, 0.5) is 15.2 Å². The van der Waals surface area contributed by atoms with Crippen molar-refractivity contribution in [3.63, 3.8) is 0 Å². The topological polar surface area (TPSA) is 97.4 Å². The van der Waals surface area contributed by atoms with E-state index in [1.807, 2.05) is 0 Å². The molecule has 4 rings (SSSR count). The van der Waals surface area contributed by atoms with Gasteiger partial charge in [-0.1, -0.05) is 35.8 Å². The minimum Gasteiger partial charge on any atom is -0.495 e. The van der Waals surface area contributed by atoms with E-state index < -0.39 is 15.8 Å². The van der Waals surface area contributed by atoms with Crippen LogP contribution in [-0.4, -0.2) is 26.4 Å². The first-order valence-corrected chi connectivity index (χ1v) is 13.3. The number of hydrogen-bond donors (Lipinski definition) is 2. The van der Waals surface area contributed by atoms with E-state index in [9.17, 15) is 17.6 Å². The lowest BCUT2D eigenvalue weighted by molar-refractivity contribution is -0.119. The zero-order valence-electron chi connectivity index (χ0n) is 18.5. The summed E-state index contributed by atoms with van der Waals surface area (Å²) in [4.78, 5) is 17.6. The summed E-state index contributed by atoms with van der Waals surface area (Å²) in [5.41, 5.74) is 1.39. The number of benzene rings is 2. The monoisotopic (exact) mass is 523 g/mol. The SMILES string of the molecule is COc1ccc(-c2sc(NC(=O)C3CCCC3)nc2C)cc1S(=O)(=O)Nc1ccc(F)c(Cl)c1. The molecule has 1 saturated carbocycles. The van der Waals surface area contributed by atoms with E-state index >= 15 is 0 Å². The van der Waals surface area contributed by atoms with E-state index in [4.69, 9.17) is 16.3 Å². The molecular weight excluding hydrogens is 501 g/mol. The summed E-state index contributed by atoms with van der Waals surface area (Å²) in [5, 5.41) is 3.17. The molecule has 7 nitrogen and oxygen atoms in total. The first-order valence-electron chi connectivity index (χ1n) is 10.6. The predicted octanol–water partition coefficient (Wildman–Crippen LogP) is 5.85. The highest BCUT2D eigenvalue weighted by Crippen LogP contribution is 2.37. The highest BCUT2D eigenvalue weighted by Gasteiger charge is 2.25. The van der Waals surface area contributed by atoms with Crippen molar-refractivity contribution in [1.29, 1.82) is 0 Å². The van der Waals surface area contributed by atoms with Gasteiger partial charge in [-0.15, -0.1) is 0 Å². The number of sulfonamides is 1. The second-order valence-corrected chi connectivity index (χ2v) is 11.1. The van der Waals surface area contributed by atoms with Crippen LogP contribution in [0, 0.1) is 18.7 Å². The van der Waals surface area contributed by atoms with Crippen LogP contribution in [0.25, 0.3) is 10.4 Å². The van der Waals surface area contributed by atoms with Gasteiger partial charge in [0.05, 0.1) is 28.4 Å². The number of amides is 1. The number of nitrogens with one attached hydrogen (secondary N) is 2. The van der Waals surface area contributed by atoms with Crippen LogP contribution in [-0.2, 0) is 14.8 Å². The van der Waals surface area contributed by atoms with Crippen molar-refractivity contribution in [3.05, 3.63) is 52.9 Å². The standard InChI is InChI=1S/C23H23ClFN3O4S2/c1-13-21(33-23(26-13)27-22(29)14-5-3-4-6-14)15-7-10-19(32-2)20(11-15)34(30,31)28-16-8-9-18(25)17(24)12-16/h7-12,14,28H,3-6H2,1-2H3,(H,26,27,29). The quantitative estimate of drug-likeness (QED) is 0.405.